The average Bonchev–Trinajstić information content (AvgIpc) is 1.88. The van der Waals surface area contributed by atoms with Crippen LogP contribution in [0.5, 0.6) is 0 Å². The number of hydrogen-bond acceptors (Lipinski definition) is 3. The van der Waals surface area contributed by atoms with E-state index in [2.05, 4.69) is 5.32 Å². The van der Waals surface area contributed by atoms with Gasteiger partial charge in [0, 0.05) is 6.54 Å². The van der Waals surface area contributed by atoms with Gasteiger partial charge >= 0.3 is 0 Å². The highest BCUT2D eigenvalue weighted by Gasteiger charge is 2.04. The number of nitriles is 1. The van der Waals surface area contributed by atoms with Crippen molar-refractivity contribution in [3.05, 3.63) is 0 Å². The van der Waals surface area contributed by atoms with Crippen LogP contribution >= 0.6 is 0 Å². The van der Waals surface area contributed by atoms with Gasteiger partial charge in [-0.15, -0.1) is 0 Å². The van der Waals surface area contributed by atoms with Gasteiger partial charge in [-0.3, -0.25) is 4.79 Å². The van der Waals surface area contributed by atoms with Gasteiger partial charge in [-0.2, -0.15) is 5.26 Å². The number of nitrogens with one attached hydrogen (secondary N) is 1. The van der Waals surface area contributed by atoms with Crippen LogP contribution in [0.1, 0.15) is 13.3 Å². The van der Waals surface area contributed by atoms with Crippen molar-refractivity contribution in [2.45, 2.75) is 19.4 Å². The predicted octanol–water partition coefficient (Wildman–Crippen LogP) is -0.637. The molecule has 4 nitrogen and oxygen atoms in total. The number of nitrogens with two attached hydrogens (primary N) is 1. The van der Waals surface area contributed by atoms with Crippen LogP contribution in [-0.2, 0) is 4.79 Å². The molecule has 0 aliphatic heterocycles. The largest absolute Gasteiger partial charge is 0.354 e. The van der Waals surface area contributed by atoms with Gasteiger partial charge in [-0.05, 0) is 6.92 Å². The van der Waals surface area contributed by atoms with Gasteiger partial charge in [0.05, 0.1) is 18.5 Å². The first-order valence-electron chi connectivity index (χ1n) is 3.08. The predicted molar refractivity (Wildman–Crippen MR) is 36.9 cm³/mol. The summed E-state index contributed by atoms with van der Waals surface area (Å²) in [5, 5.41) is 10.6. The Kier molecular flexibility index (Phi) is 4.25. The van der Waals surface area contributed by atoms with Crippen LogP contribution < -0.4 is 11.1 Å². The molecule has 0 unspecified atom stereocenters. The highest BCUT2D eigenvalue weighted by Crippen LogP contribution is 1.75. The summed E-state index contributed by atoms with van der Waals surface area (Å²) >= 11 is 0. The smallest absolute Gasteiger partial charge is 0.236 e. The Balaban J connectivity index is 3.33. The van der Waals surface area contributed by atoms with E-state index in [1.165, 1.54) is 0 Å². The van der Waals surface area contributed by atoms with Gasteiger partial charge in [0.1, 0.15) is 0 Å². The maximum absolute atomic E-state index is 10.7. The fourth-order valence-electron chi connectivity index (χ4n) is 0.403. The van der Waals surface area contributed by atoms with Crippen molar-refractivity contribution in [3.8, 4) is 6.07 Å². The first-order valence-corrected chi connectivity index (χ1v) is 3.08. The molecule has 10 heavy (non-hydrogen) atoms. The summed E-state index contributed by atoms with van der Waals surface area (Å²) in [6.07, 6.45) is 0.332. The lowest BCUT2D eigenvalue weighted by Crippen LogP contribution is -2.38. The molecule has 0 saturated heterocycles. The monoisotopic (exact) mass is 141 g/mol. The molecular weight excluding hydrogens is 130 g/mol. The van der Waals surface area contributed by atoms with E-state index in [9.17, 15) is 4.79 Å². The van der Waals surface area contributed by atoms with E-state index in [1.807, 2.05) is 6.07 Å². The summed E-state index contributed by atoms with van der Waals surface area (Å²) in [7, 11) is 0. The molecule has 0 bridgehead atoms. The Labute approximate surface area is 60.0 Å². The van der Waals surface area contributed by atoms with Crippen molar-refractivity contribution in [1.29, 1.82) is 5.26 Å². The zero-order valence-electron chi connectivity index (χ0n) is 5.92. The lowest BCUT2D eigenvalue weighted by Gasteiger charge is -2.03. The Morgan fingerprint density at radius 2 is 2.50 bits per heavy atom. The first-order chi connectivity index (χ1) is 4.68. The van der Waals surface area contributed by atoms with Crippen LogP contribution in [0.25, 0.3) is 0 Å². The number of carbonyl (C=O) groups is 1. The minimum absolute atomic E-state index is 0.213. The second-order valence-electron chi connectivity index (χ2n) is 1.99. The molecule has 1 amide bonds. The van der Waals surface area contributed by atoms with Crippen LogP contribution in [0, 0.1) is 11.3 Å². The summed E-state index contributed by atoms with van der Waals surface area (Å²) in [5.74, 6) is -0.213. The third kappa shape index (κ3) is 3.87. The summed E-state index contributed by atoms with van der Waals surface area (Å²) in [6, 6.07) is 1.42. The number of carbonyl (C=O) groups excluding carboxylic acids is 1. The van der Waals surface area contributed by atoms with E-state index in [-0.39, 0.29) is 5.91 Å². The van der Waals surface area contributed by atoms with Gasteiger partial charge < -0.3 is 11.1 Å². The van der Waals surface area contributed by atoms with E-state index < -0.39 is 6.04 Å². The third-order valence-electron chi connectivity index (χ3n) is 0.950. The van der Waals surface area contributed by atoms with E-state index in [0.29, 0.717) is 13.0 Å². The van der Waals surface area contributed by atoms with Gasteiger partial charge in [0.15, 0.2) is 0 Å². The topological polar surface area (TPSA) is 78.9 Å². The molecule has 0 saturated carbocycles. The molecule has 0 rings (SSSR count). The molecular formula is C6H11N3O. The number of rotatable bonds is 3. The van der Waals surface area contributed by atoms with E-state index in [1.54, 1.807) is 6.92 Å². The number of hydrogen-bond donors (Lipinski definition) is 2. The Morgan fingerprint density at radius 3 is 2.90 bits per heavy atom. The van der Waals surface area contributed by atoms with Crippen LogP contribution in [0.15, 0.2) is 0 Å². The molecule has 56 valence electrons. The van der Waals surface area contributed by atoms with E-state index >= 15 is 0 Å². The average molecular weight is 141 g/mol. The zero-order valence-corrected chi connectivity index (χ0v) is 5.92. The molecule has 1 atom stereocenters. The zero-order chi connectivity index (χ0) is 7.98. The number of nitrogens with zero attached hydrogens (tertiary/aromatic N) is 1. The van der Waals surface area contributed by atoms with Crippen molar-refractivity contribution in [3.63, 3.8) is 0 Å². The summed E-state index contributed by atoms with van der Waals surface area (Å²) < 4.78 is 0. The van der Waals surface area contributed by atoms with Crippen molar-refractivity contribution in [2.75, 3.05) is 6.54 Å². The summed E-state index contributed by atoms with van der Waals surface area (Å²) in [5.41, 5.74) is 5.22. The molecule has 4 heteroatoms. The normalized spacial score (nSPS) is 11.7. The maximum atomic E-state index is 10.7. The molecule has 3 N–H and O–H groups in total. The maximum Gasteiger partial charge on any atom is 0.236 e. The molecule has 0 fully saturated rings. The van der Waals surface area contributed by atoms with Gasteiger partial charge in [-0.25, -0.2) is 0 Å². The van der Waals surface area contributed by atoms with Crippen molar-refractivity contribution in [1.82, 2.24) is 5.32 Å². The molecule has 0 aromatic carbocycles. The third-order valence-corrected chi connectivity index (χ3v) is 0.950. The second kappa shape index (κ2) is 4.77. The quantitative estimate of drug-likeness (QED) is 0.513. The fraction of sp³-hybridized carbons (Fsp3) is 0.667. The van der Waals surface area contributed by atoms with E-state index in [4.69, 9.17) is 11.0 Å². The van der Waals surface area contributed by atoms with Gasteiger partial charge in [0.25, 0.3) is 0 Å². The van der Waals surface area contributed by atoms with Gasteiger partial charge in [0.2, 0.25) is 5.91 Å². The lowest BCUT2D eigenvalue weighted by atomic mass is 10.3. The summed E-state index contributed by atoms with van der Waals surface area (Å²) in [4.78, 5) is 10.7. The molecule has 0 aromatic rings. The van der Waals surface area contributed by atoms with Crippen LogP contribution in [0.2, 0.25) is 0 Å². The van der Waals surface area contributed by atoms with Crippen LogP contribution in [-0.4, -0.2) is 18.5 Å². The summed E-state index contributed by atoms with van der Waals surface area (Å²) in [6.45, 7) is 1.98. The van der Waals surface area contributed by atoms with Crippen LogP contribution in [0.3, 0.4) is 0 Å². The highest BCUT2D eigenvalue weighted by molar-refractivity contribution is 5.80. The minimum atomic E-state index is -0.487. The molecule has 0 aliphatic rings. The lowest BCUT2D eigenvalue weighted by molar-refractivity contribution is -0.121. The van der Waals surface area contributed by atoms with Crippen molar-refractivity contribution < 1.29 is 4.79 Å². The Morgan fingerprint density at radius 1 is 1.90 bits per heavy atom. The molecule has 0 heterocycles. The Hall–Kier alpha value is -1.08. The fourth-order valence-corrected chi connectivity index (χ4v) is 0.403. The molecule has 0 aliphatic carbocycles. The molecule has 0 radical (unpaired) electrons. The SMILES string of the molecule is C[C@H](N)C(=O)NCCC#N. The second-order valence-corrected chi connectivity index (χ2v) is 1.99. The Bertz CT molecular complexity index is 148. The number of amides is 1. The highest BCUT2D eigenvalue weighted by atomic mass is 16.2. The standard InChI is InChI=1S/C6H11N3O/c1-5(8)6(10)9-4-2-3-7/h5H,2,4,8H2,1H3,(H,9,10)/t5-/m0/s1. The van der Waals surface area contributed by atoms with Crippen LogP contribution in [0.4, 0.5) is 0 Å². The molecule has 0 aromatic heterocycles. The first kappa shape index (κ1) is 8.92. The minimum Gasteiger partial charge on any atom is -0.354 e. The van der Waals surface area contributed by atoms with Crippen molar-refractivity contribution >= 4 is 5.91 Å². The van der Waals surface area contributed by atoms with E-state index in [0.717, 1.165) is 0 Å². The van der Waals surface area contributed by atoms with Crippen molar-refractivity contribution in [2.24, 2.45) is 5.73 Å². The molecule has 0 spiro atoms. The van der Waals surface area contributed by atoms with Gasteiger partial charge in [-0.1, -0.05) is 0 Å².